The minimum absolute atomic E-state index is 0.000743. The predicted octanol–water partition coefficient (Wildman–Crippen LogP) is 6.30. The van der Waals surface area contributed by atoms with E-state index in [2.05, 4.69) is 13.8 Å². The molecule has 0 spiro atoms. The van der Waals surface area contributed by atoms with Gasteiger partial charge < -0.3 is 5.11 Å². The van der Waals surface area contributed by atoms with Crippen LogP contribution in [-0.2, 0) is 4.79 Å². The molecule has 5 aliphatic rings. The molecule has 1 N–H and O–H groups in total. The van der Waals surface area contributed by atoms with Gasteiger partial charge in [0, 0.05) is 11.8 Å². The van der Waals surface area contributed by atoms with Crippen LogP contribution < -0.4 is 0 Å². The highest BCUT2D eigenvalue weighted by Gasteiger charge is 2.61. The van der Waals surface area contributed by atoms with Gasteiger partial charge in [0.25, 0.3) is 0 Å². The third-order valence-electron chi connectivity index (χ3n) is 10.9. The van der Waals surface area contributed by atoms with E-state index in [-0.39, 0.29) is 11.0 Å². The van der Waals surface area contributed by atoms with E-state index in [1.807, 2.05) is 0 Å². The first-order chi connectivity index (χ1) is 13.3. The molecule has 0 heterocycles. The van der Waals surface area contributed by atoms with E-state index in [1.165, 1.54) is 57.8 Å². The van der Waals surface area contributed by atoms with Gasteiger partial charge in [0.1, 0.15) is 5.78 Å². The van der Waals surface area contributed by atoms with Gasteiger partial charge >= 0.3 is 0 Å². The molecule has 5 saturated carbocycles. The quantitative estimate of drug-likeness (QED) is 0.604. The molecule has 0 aromatic carbocycles. The van der Waals surface area contributed by atoms with Crippen molar-refractivity contribution in [3.05, 3.63) is 0 Å². The summed E-state index contributed by atoms with van der Waals surface area (Å²) >= 11 is 0. The number of hydrogen-bond acceptors (Lipinski definition) is 2. The molecule has 2 nitrogen and oxygen atoms in total. The van der Waals surface area contributed by atoms with Gasteiger partial charge in [0.2, 0.25) is 0 Å². The van der Waals surface area contributed by atoms with Crippen LogP contribution in [0.5, 0.6) is 0 Å². The first kappa shape index (κ1) is 19.6. The zero-order chi connectivity index (χ0) is 19.6. The summed E-state index contributed by atoms with van der Waals surface area (Å²) in [6.07, 6.45) is 18.2. The number of aliphatic hydroxyl groups is 1. The summed E-state index contributed by atoms with van der Waals surface area (Å²) in [5.41, 5.74) is 0.0287. The summed E-state index contributed by atoms with van der Waals surface area (Å²) in [6, 6.07) is 0. The molecule has 0 bridgehead atoms. The maximum atomic E-state index is 12.6. The summed E-state index contributed by atoms with van der Waals surface area (Å²) in [6.45, 7) is 4.87. The largest absolute Gasteiger partial charge is 0.390 e. The summed E-state index contributed by atoms with van der Waals surface area (Å²) in [5, 5.41) is 11.6. The van der Waals surface area contributed by atoms with Crippen LogP contribution in [0.15, 0.2) is 0 Å². The lowest BCUT2D eigenvalue weighted by atomic mass is 9.44. The molecule has 5 aliphatic carbocycles. The minimum atomic E-state index is -0.383. The number of carbonyl (C=O) groups excluding carboxylic acids is 1. The normalized spacial score (nSPS) is 52.0. The van der Waals surface area contributed by atoms with Crippen LogP contribution in [0, 0.1) is 40.4 Å². The van der Waals surface area contributed by atoms with Crippen molar-refractivity contribution in [1.29, 1.82) is 0 Å². The van der Waals surface area contributed by atoms with E-state index in [0.717, 1.165) is 56.3 Å². The number of Topliss-reactive ketones (excluding diaryl/α,β-unsaturated/α-hetero) is 1. The highest BCUT2D eigenvalue weighted by atomic mass is 16.3. The highest BCUT2D eigenvalue weighted by Crippen LogP contribution is 2.66. The Kier molecular flexibility index (Phi) is 4.77. The molecular weight excluding hydrogens is 344 g/mol. The molecule has 0 aromatic rings. The summed E-state index contributed by atoms with van der Waals surface area (Å²) in [7, 11) is 0. The Morgan fingerprint density at radius 1 is 0.893 bits per heavy atom. The molecule has 5 fully saturated rings. The van der Waals surface area contributed by atoms with E-state index < -0.39 is 0 Å². The minimum Gasteiger partial charge on any atom is -0.390 e. The van der Waals surface area contributed by atoms with Crippen molar-refractivity contribution in [3.8, 4) is 0 Å². The number of fused-ring (bicyclic) bond motifs is 5. The Hall–Kier alpha value is -0.370. The van der Waals surface area contributed by atoms with Crippen LogP contribution in [-0.4, -0.2) is 16.5 Å². The fourth-order valence-corrected chi connectivity index (χ4v) is 9.21. The summed E-state index contributed by atoms with van der Waals surface area (Å²) in [5.74, 6) is 4.27. The number of carbonyl (C=O) groups is 1. The zero-order valence-electron chi connectivity index (χ0n) is 18.3. The molecule has 1 unspecified atom stereocenters. The number of ketones is 1. The fraction of sp³-hybridized carbons (Fsp3) is 0.962. The first-order valence-corrected chi connectivity index (χ1v) is 12.6. The second-order valence-electron chi connectivity index (χ2n) is 12.2. The van der Waals surface area contributed by atoms with Crippen molar-refractivity contribution in [1.82, 2.24) is 0 Å². The second-order valence-corrected chi connectivity index (χ2v) is 12.2. The molecule has 0 amide bonds. The van der Waals surface area contributed by atoms with Crippen molar-refractivity contribution in [3.63, 3.8) is 0 Å². The van der Waals surface area contributed by atoms with E-state index >= 15 is 0 Å². The predicted molar refractivity (Wildman–Crippen MR) is 113 cm³/mol. The van der Waals surface area contributed by atoms with Gasteiger partial charge in [-0.15, -0.1) is 0 Å². The van der Waals surface area contributed by atoms with Gasteiger partial charge in [-0.05, 0) is 92.8 Å². The molecular formula is C26H42O2. The number of hydrogen-bond donors (Lipinski definition) is 1. The van der Waals surface area contributed by atoms with Crippen molar-refractivity contribution in [2.75, 3.05) is 0 Å². The highest BCUT2D eigenvalue weighted by molar-refractivity contribution is 5.87. The van der Waals surface area contributed by atoms with Crippen LogP contribution in [0.3, 0.4) is 0 Å². The van der Waals surface area contributed by atoms with Crippen LogP contribution in [0.25, 0.3) is 0 Å². The molecule has 0 aliphatic heterocycles. The lowest BCUT2D eigenvalue weighted by Crippen LogP contribution is -2.56. The summed E-state index contributed by atoms with van der Waals surface area (Å²) in [4.78, 5) is 12.6. The Bertz CT molecular complexity index is 622. The maximum Gasteiger partial charge on any atom is 0.139 e. The van der Waals surface area contributed by atoms with Crippen LogP contribution in [0.4, 0.5) is 0 Å². The van der Waals surface area contributed by atoms with Gasteiger partial charge in [-0.2, -0.15) is 0 Å². The monoisotopic (exact) mass is 386 g/mol. The molecule has 28 heavy (non-hydrogen) atoms. The Balaban J connectivity index is 1.31. The van der Waals surface area contributed by atoms with Crippen molar-refractivity contribution >= 4 is 5.78 Å². The van der Waals surface area contributed by atoms with Crippen molar-refractivity contribution in [2.24, 2.45) is 40.4 Å². The maximum absolute atomic E-state index is 12.6. The lowest BCUT2D eigenvalue weighted by Gasteiger charge is -2.61. The third-order valence-corrected chi connectivity index (χ3v) is 10.9. The van der Waals surface area contributed by atoms with Crippen LogP contribution in [0.2, 0.25) is 0 Å². The van der Waals surface area contributed by atoms with E-state index in [1.54, 1.807) is 0 Å². The zero-order valence-corrected chi connectivity index (χ0v) is 18.3. The lowest BCUT2D eigenvalue weighted by molar-refractivity contribution is -0.157. The summed E-state index contributed by atoms with van der Waals surface area (Å²) < 4.78 is 0. The first-order valence-electron chi connectivity index (χ1n) is 12.6. The molecule has 7 atom stereocenters. The van der Waals surface area contributed by atoms with Crippen molar-refractivity contribution in [2.45, 2.75) is 116 Å². The fourth-order valence-electron chi connectivity index (χ4n) is 9.21. The van der Waals surface area contributed by atoms with E-state index in [0.29, 0.717) is 23.0 Å². The van der Waals surface area contributed by atoms with Crippen LogP contribution >= 0.6 is 0 Å². The van der Waals surface area contributed by atoms with Crippen LogP contribution in [0.1, 0.15) is 110 Å². The average Bonchev–Trinajstić information content (AvgIpc) is 2.98. The van der Waals surface area contributed by atoms with Gasteiger partial charge in [0.15, 0.2) is 0 Å². The third kappa shape index (κ3) is 2.95. The van der Waals surface area contributed by atoms with Gasteiger partial charge in [-0.3, -0.25) is 4.79 Å². The van der Waals surface area contributed by atoms with Crippen molar-refractivity contribution < 1.29 is 9.90 Å². The van der Waals surface area contributed by atoms with E-state index in [4.69, 9.17) is 0 Å². The standard InChI is InChI=1S/C26H42O2/c1-24-14-15-26(28,16-18-6-4-3-5-7-18)17-19(24)8-9-20-21-10-11-23(27)25(21,2)13-12-22(20)24/h18-22,28H,3-17H2,1-2H3/t19?,20-,21-,22-,24-,25-,26-/m0/s1. The topological polar surface area (TPSA) is 37.3 Å². The molecule has 0 aromatic heterocycles. The molecule has 0 radical (unpaired) electrons. The molecule has 158 valence electrons. The second kappa shape index (κ2) is 6.82. The van der Waals surface area contributed by atoms with Gasteiger partial charge in [0.05, 0.1) is 5.60 Å². The average molecular weight is 387 g/mol. The molecule has 5 rings (SSSR count). The van der Waals surface area contributed by atoms with Gasteiger partial charge in [-0.1, -0.05) is 46.0 Å². The van der Waals surface area contributed by atoms with E-state index in [9.17, 15) is 9.90 Å². The Morgan fingerprint density at radius 2 is 1.68 bits per heavy atom. The number of rotatable bonds is 2. The smallest absolute Gasteiger partial charge is 0.139 e. The van der Waals surface area contributed by atoms with Gasteiger partial charge in [-0.25, -0.2) is 0 Å². The SMILES string of the molecule is C[C@]12CC[C@](O)(CC3CCCCC3)CC1CC[C@@H]1[C@@H]2CC[C@]2(C)C(=O)CC[C@@H]12. The Morgan fingerprint density at radius 3 is 2.46 bits per heavy atom. The molecule has 2 heteroatoms. The molecule has 0 saturated heterocycles. The Labute approximate surface area is 172 Å².